The Morgan fingerprint density at radius 3 is 2.86 bits per heavy atom. The topological polar surface area (TPSA) is 59.4 Å². The molecule has 1 aliphatic heterocycles. The van der Waals surface area contributed by atoms with E-state index in [4.69, 9.17) is 9.72 Å². The largest absolute Gasteiger partial charge is 0.508 e. The van der Waals surface area contributed by atoms with Crippen molar-refractivity contribution in [2.45, 2.75) is 40.5 Å². The van der Waals surface area contributed by atoms with Crippen molar-refractivity contribution in [1.82, 2.24) is 4.98 Å². The van der Waals surface area contributed by atoms with Crippen LogP contribution >= 0.6 is 11.3 Å². The summed E-state index contributed by atoms with van der Waals surface area (Å²) in [4.78, 5) is 18.6. The average Bonchev–Trinajstić information content (AvgIpc) is 2.87. The van der Waals surface area contributed by atoms with E-state index in [0.717, 1.165) is 34.5 Å². The van der Waals surface area contributed by atoms with E-state index < -0.39 is 0 Å². The predicted octanol–water partition coefficient (Wildman–Crippen LogP) is 6.05. The molecule has 29 heavy (non-hydrogen) atoms. The van der Waals surface area contributed by atoms with Gasteiger partial charge in [-0.2, -0.15) is 0 Å². The summed E-state index contributed by atoms with van der Waals surface area (Å²) in [5, 5.41) is 10.4. The van der Waals surface area contributed by atoms with Crippen LogP contribution in [0.25, 0.3) is 17.2 Å². The van der Waals surface area contributed by atoms with E-state index in [-0.39, 0.29) is 18.1 Å². The van der Waals surface area contributed by atoms with E-state index in [1.54, 1.807) is 12.1 Å². The van der Waals surface area contributed by atoms with Gasteiger partial charge in [0, 0.05) is 16.5 Å². The van der Waals surface area contributed by atoms with E-state index in [2.05, 4.69) is 25.2 Å². The minimum Gasteiger partial charge on any atom is -0.508 e. The Bertz CT molecular complexity index is 998. The molecule has 0 saturated carbocycles. The molecule has 2 heterocycles. The number of thiazole rings is 1. The number of benzene rings is 1. The molecule has 1 N–H and O–H groups in total. The van der Waals surface area contributed by atoms with Crippen LogP contribution in [-0.4, -0.2) is 22.5 Å². The zero-order valence-corrected chi connectivity index (χ0v) is 18.2. The maximum atomic E-state index is 12.6. The van der Waals surface area contributed by atoms with E-state index in [0.29, 0.717) is 22.2 Å². The third kappa shape index (κ3) is 4.67. The van der Waals surface area contributed by atoms with Crippen LogP contribution in [0.3, 0.4) is 0 Å². The number of aryl methyl sites for hydroxylation is 1. The van der Waals surface area contributed by atoms with Gasteiger partial charge in [0.2, 0.25) is 5.78 Å². The van der Waals surface area contributed by atoms with Crippen molar-refractivity contribution in [2.75, 3.05) is 6.61 Å². The molecule has 0 amide bonds. The first-order valence-corrected chi connectivity index (χ1v) is 10.9. The van der Waals surface area contributed by atoms with Crippen molar-refractivity contribution in [1.29, 1.82) is 0 Å². The molecule has 2 aliphatic rings. The molecule has 5 heteroatoms. The SMILES string of the molecule is CC.Cc1sc(C2=Cc3ccc(O)cc3OCC2=O)nc1C1=CCCC(C)C=C1. The number of Topliss-reactive ketones (excluding diaryl/α,β-unsaturated/α-hetero) is 1. The van der Waals surface area contributed by atoms with Gasteiger partial charge in [-0.3, -0.25) is 4.79 Å². The number of carbonyl (C=O) groups is 1. The highest BCUT2D eigenvalue weighted by atomic mass is 32.1. The molecule has 1 unspecified atom stereocenters. The molecule has 0 radical (unpaired) electrons. The number of hydrogen-bond acceptors (Lipinski definition) is 5. The summed E-state index contributed by atoms with van der Waals surface area (Å²) in [5.41, 5.74) is 3.41. The van der Waals surface area contributed by atoms with Gasteiger partial charge >= 0.3 is 0 Å². The fourth-order valence-corrected chi connectivity index (χ4v) is 4.26. The van der Waals surface area contributed by atoms with E-state index in [1.807, 2.05) is 26.8 Å². The highest BCUT2D eigenvalue weighted by molar-refractivity contribution is 7.13. The zero-order valence-electron chi connectivity index (χ0n) is 17.4. The van der Waals surface area contributed by atoms with Gasteiger partial charge in [0.25, 0.3) is 0 Å². The van der Waals surface area contributed by atoms with Crippen LogP contribution < -0.4 is 4.74 Å². The van der Waals surface area contributed by atoms with Gasteiger partial charge in [-0.15, -0.1) is 11.3 Å². The lowest BCUT2D eigenvalue weighted by Gasteiger charge is -2.04. The minimum absolute atomic E-state index is 0.0592. The standard InChI is InChI=1S/C22H21NO3S.C2H6/c1-13-4-3-5-15(7-6-13)21-14(2)27-22(23-21)18-10-16-8-9-17(24)11-20(16)26-12-19(18)25;1-2/h5-11,13,24H,3-4,12H2,1-2H3;1-2H3. The molecule has 1 atom stereocenters. The zero-order chi connectivity index (χ0) is 21.0. The normalized spacial score (nSPS) is 18.3. The monoisotopic (exact) mass is 409 g/mol. The van der Waals surface area contributed by atoms with Crippen molar-refractivity contribution in [3.05, 3.63) is 57.6 Å². The summed E-state index contributed by atoms with van der Waals surface area (Å²) in [5.74, 6) is 1.08. The van der Waals surface area contributed by atoms with E-state index in [9.17, 15) is 9.90 Å². The number of nitrogens with zero attached hydrogens (tertiary/aromatic N) is 1. The van der Waals surface area contributed by atoms with Crippen molar-refractivity contribution in [3.63, 3.8) is 0 Å². The Hall–Kier alpha value is -2.66. The minimum atomic E-state index is -0.106. The first kappa shape index (κ1) is 21.1. The summed E-state index contributed by atoms with van der Waals surface area (Å²) >= 11 is 1.53. The van der Waals surface area contributed by atoms with E-state index in [1.165, 1.54) is 17.4 Å². The van der Waals surface area contributed by atoms with Crippen LogP contribution in [0, 0.1) is 12.8 Å². The molecule has 0 saturated heterocycles. The number of aromatic nitrogens is 1. The van der Waals surface area contributed by atoms with Gasteiger partial charge in [0.1, 0.15) is 16.5 Å². The maximum absolute atomic E-state index is 12.6. The molecule has 1 aromatic carbocycles. The van der Waals surface area contributed by atoms with Crippen LogP contribution in [0.4, 0.5) is 0 Å². The van der Waals surface area contributed by atoms with Crippen molar-refractivity contribution < 1.29 is 14.6 Å². The van der Waals surface area contributed by atoms with Crippen molar-refractivity contribution in [3.8, 4) is 11.5 Å². The van der Waals surface area contributed by atoms with Crippen molar-refractivity contribution >= 4 is 34.3 Å². The number of phenols is 1. The second kappa shape index (κ2) is 9.23. The highest BCUT2D eigenvalue weighted by Gasteiger charge is 2.23. The number of hydrogen-bond donors (Lipinski definition) is 1. The predicted molar refractivity (Wildman–Crippen MR) is 120 cm³/mol. The van der Waals surface area contributed by atoms with Crippen LogP contribution in [0.15, 0.2) is 36.4 Å². The smallest absolute Gasteiger partial charge is 0.203 e. The molecule has 152 valence electrons. The Labute approximate surface area is 176 Å². The maximum Gasteiger partial charge on any atom is 0.203 e. The number of rotatable bonds is 2. The molecule has 4 rings (SSSR count). The fourth-order valence-electron chi connectivity index (χ4n) is 3.29. The summed E-state index contributed by atoms with van der Waals surface area (Å²) in [6.07, 6.45) is 10.6. The molecule has 0 bridgehead atoms. The number of phenolic OH excluding ortho intramolecular Hbond substituents is 1. The van der Waals surface area contributed by atoms with Gasteiger partial charge in [-0.05, 0) is 49.5 Å². The molecular formula is C24H27NO3S. The van der Waals surface area contributed by atoms with Gasteiger partial charge < -0.3 is 9.84 Å². The lowest BCUT2D eigenvalue weighted by atomic mass is 10.1. The van der Waals surface area contributed by atoms with Gasteiger partial charge in [0.05, 0.1) is 11.3 Å². The van der Waals surface area contributed by atoms with Gasteiger partial charge in [0.15, 0.2) is 6.61 Å². The lowest BCUT2D eigenvalue weighted by molar-refractivity contribution is -0.115. The van der Waals surface area contributed by atoms with E-state index >= 15 is 0 Å². The Morgan fingerprint density at radius 2 is 2.07 bits per heavy atom. The number of ketones is 1. The van der Waals surface area contributed by atoms with Crippen molar-refractivity contribution in [2.24, 2.45) is 5.92 Å². The number of allylic oxidation sites excluding steroid dienone is 4. The number of aromatic hydroxyl groups is 1. The van der Waals surface area contributed by atoms with Crippen LogP contribution in [0.2, 0.25) is 0 Å². The Balaban J connectivity index is 0.00000117. The summed E-state index contributed by atoms with van der Waals surface area (Å²) < 4.78 is 5.57. The Kier molecular flexibility index (Phi) is 6.70. The number of carbonyl (C=O) groups excluding carboxylic acids is 1. The summed E-state index contributed by atoms with van der Waals surface area (Å²) in [6, 6.07) is 4.87. The summed E-state index contributed by atoms with van der Waals surface area (Å²) in [7, 11) is 0. The quantitative estimate of drug-likeness (QED) is 0.655. The molecule has 0 fully saturated rings. The molecule has 1 aliphatic carbocycles. The second-order valence-corrected chi connectivity index (χ2v) is 8.19. The first-order valence-electron chi connectivity index (χ1n) is 10.1. The first-order chi connectivity index (χ1) is 14.0. The van der Waals surface area contributed by atoms with Gasteiger partial charge in [-0.25, -0.2) is 4.98 Å². The van der Waals surface area contributed by atoms with Gasteiger partial charge in [-0.1, -0.05) is 39.0 Å². The lowest BCUT2D eigenvalue weighted by Crippen LogP contribution is -2.11. The fraction of sp³-hybridized carbons (Fsp3) is 0.333. The Morgan fingerprint density at radius 1 is 1.28 bits per heavy atom. The number of ether oxygens (including phenoxy) is 1. The van der Waals surface area contributed by atoms with Crippen LogP contribution in [-0.2, 0) is 4.79 Å². The molecule has 0 spiro atoms. The average molecular weight is 410 g/mol. The second-order valence-electron chi connectivity index (χ2n) is 6.99. The number of fused-ring (bicyclic) bond motifs is 1. The summed E-state index contributed by atoms with van der Waals surface area (Å²) in [6.45, 7) is 8.21. The molecule has 1 aromatic heterocycles. The third-order valence-electron chi connectivity index (χ3n) is 4.85. The van der Waals surface area contributed by atoms with Crippen LogP contribution in [0.5, 0.6) is 11.5 Å². The third-order valence-corrected chi connectivity index (χ3v) is 5.85. The van der Waals surface area contributed by atoms with Crippen LogP contribution in [0.1, 0.15) is 54.8 Å². The molecule has 2 aromatic rings. The highest BCUT2D eigenvalue weighted by Crippen LogP contribution is 2.35. The molecular weight excluding hydrogens is 382 g/mol. The molecule has 4 nitrogen and oxygen atoms in total.